The standard InChI is InChI=1S/C13H14N2/c1-4-10-8-11-7-9(2)5-6-12(11)15-13(10)14-3/h4-8H,1H2,2-3H3,(H,14,15). The first-order valence-electron chi connectivity index (χ1n) is 4.96. The fourth-order valence-electron chi connectivity index (χ4n) is 1.67. The molecule has 0 amide bonds. The first kappa shape index (κ1) is 9.71. The first-order valence-corrected chi connectivity index (χ1v) is 4.96. The Labute approximate surface area is 89.7 Å². The number of anilines is 1. The molecule has 2 nitrogen and oxygen atoms in total. The Balaban J connectivity index is 2.75. The second-order valence-corrected chi connectivity index (χ2v) is 3.58. The Morgan fingerprint density at radius 1 is 1.33 bits per heavy atom. The number of aromatic nitrogens is 1. The summed E-state index contributed by atoms with van der Waals surface area (Å²) in [5.74, 6) is 0.876. The van der Waals surface area contributed by atoms with Crippen molar-refractivity contribution in [1.29, 1.82) is 0 Å². The zero-order chi connectivity index (χ0) is 10.8. The van der Waals surface area contributed by atoms with E-state index in [4.69, 9.17) is 0 Å². The second kappa shape index (κ2) is 3.73. The Morgan fingerprint density at radius 3 is 2.80 bits per heavy atom. The zero-order valence-electron chi connectivity index (χ0n) is 9.04. The third-order valence-corrected chi connectivity index (χ3v) is 2.46. The molecule has 0 atom stereocenters. The molecule has 0 unspecified atom stereocenters. The van der Waals surface area contributed by atoms with Gasteiger partial charge < -0.3 is 5.32 Å². The van der Waals surface area contributed by atoms with E-state index in [1.807, 2.05) is 19.2 Å². The molecule has 2 heteroatoms. The van der Waals surface area contributed by atoms with Crippen LogP contribution in [-0.2, 0) is 0 Å². The Kier molecular flexibility index (Phi) is 2.42. The molecular formula is C13H14N2. The molecule has 0 aliphatic carbocycles. The summed E-state index contributed by atoms with van der Waals surface area (Å²) in [5.41, 5.74) is 3.29. The van der Waals surface area contributed by atoms with Crippen molar-refractivity contribution >= 4 is 22.8 Å². The van der Waals surface area contributed by atoms with Crippen LogP contribution < -0.4 is 5.32 Å². The normalized spacial score (nSPS) is 10.3. The van der Waals surface area contributed by atoms with Gasteiger partial charge in [0, 0.05) is 18.0 Å². The maximum absolute atomic E-state index is 4.52. The number of pyridine rings is 1. The number of nitrogens with one attached hydrogen (secondary N) is 1. The molecule has 0 bridgehead atoms. The maximum Gasteiger partial charge on any atom is 0.133 e. The van der Waals surface area contributed by atoms with Crippen LogP contribution >= 0.6 is 0 Å². The summed E-state index contributed by atoms with van der Waals surface area (Å²) in [6.45, 7) is 5.87. The molecule has 0 saturated heterocycles. The summed E-state index contributed by atoms with van der Waals surface area (Å²) < 4.78 is 0. The largest absolute Gasteiger partial charge is 0.373 e. The van der Waals surface area contributed by atoms with Crippen molar-refractivity contribution in [2.45, 2.75) is 6.92 Å². The van der Waals surface area contributed by atoms with Gasteiger partial charge in [-0.15, -0.1) is 0 Å². The summed E-state index contributed by atoms with van der Waals surface area (Å²) in [6, 6.07) is 8.35. The smallest absolute Gasteiger partial charge is 0.133 e. The van der Waals surface area contributed by atoms with Crippen LogP contribution in [0.1, 0.15) is 11.1 Å². The average molecular weight is 198 g/mol. The third-order valence-electron chi connectivity index (χ3n) is 2.46. The van der Waals surface area contributed by atoms with E-state index in [0.717, 1.165) is 22.3 Å². The minimum absolute atomic E-state index is 0.876. The molecule has 0 saturated carbocycles. The Morgan fingerprint density at radius 2 is 2.13 bits per heavy atom. The number of aryl methyl sites for hydroxylation is 1. The van der Waals surface area contributed by atoms with Crippen molar-refractivity contribution in [3.8, 4) is 0 Å². The van der Waals surface area contributed by atoms with E-state index in [2.05, 4.69) is 42.0 Å². The number of fused-ring (bicyclic) bond motifs is 1. The van der Waals surface area contributed by atoms with Crippen LogP contribution in [0, 0.1) is 6.92 Å². The zero-order valence-corrected chi connectivity index (χ0v) is 9.04. The van der Waals surface area contributed by atoms with Crippen LogP contribution in [0.25, 0.3) is 17.0 Å². The predicted molar refractivity (Wildman–Crippen MR) is 66.1 cm³/mol. The number of hydrogen-bond acceptors (Lipinski definition) is 2. The molecule has 2 rings (SSSR count). The molecule has 2 aromatic rings. The minimum Gasteiger partial charge on any atom is -0.373 e. The van der Waals surface area contributed by atoms with E-state index in [9.17, 15) is 0 Å². The summed E-state index contributed by atoms with van der Waals surface area (Å²) in [5, 5.41) is 4.23. The molecule has 0 radical (unpaired) electrons. The van der Waals surface area contributed by atoms with E-state index in [1.54, 1.807) is 0 Å². The third kappa shape index (κ3) is 1.71. The molecule has 0 aliphatic heterocycles. The van der Waals surface area contributed by atoms with Crippen molar-refractivity contribution in [3.63, 3.8) is 0 Å². The van der Waals surface area contributed by atoms with Gasteiger partial charge in [-0.2, -0.15) is 0 Å². The lowest BCUT2D eigenvalue weighted by Crippen LogP contribution is -1.95. The molecule has 1 aromatic heterocycles. The van der Waals surface area contributed by atoms with E-state index >= 15 is 0 Å². The summed E-state index contributed by atoms with van der Waals surface area (Å²) in [4.78, 5) is 4.52. The quantitative estimate of drug-likeness (QED) is 0.801. The predicted octanol–water partition coefficient (Wildman–Crippen LogP) is 3.23. The fourth-order valence-corrected chi connectivity index (χ4v) is 1.67. The number of hydrogen-bond donors (Lipinski definition) is 1. The van der Waals surface area contributed by atoms with Crippen LogP contribution in [-0.4, -0.2) is 12.0 Å². The highest BCUT2D eigenvalue weighted by atomic mass is 15.0. The van der Waals surface area contributed by atoms with E-state index in [1.165, 1.54) is 5.56 Å². The topological polar surface area (TPSA) is 24.9 Å². The van der Waals surface area contributed by atoms with Gasteiger partial charge >= 0.3 is 0 Å². The monoisotopic (exact) mass is 198 g/mol. The van der Waals surface area contributed by atoms with Gasteiger partial charge in [0.25, 0.3) is 0 Å². The second-order valence-electron chi connectivity index (χ2n) is 3.58. The molecule has 15 heavy (non-hydrogen) atoms. The van der Waals surface area contributed by atoms with Crippen LogP contribution in [0.2, 0.25) is 0 Å². The van der Waals surface area contributed by atoms with Gasteiger partial charge in [0.1, 0.15) is 5.82 Å². The van der Waals surface area contributed by atoms with Gasteiger partial charge in [0.15, 0.2) is 0 Å². The Hall–Kier alpha value is -1.83. The van der Waals surface area contributed by atoms with Crippen molar-refractivity contribution in [2.75, 3.05) is 12.4 Å². The molecule has 76 valence electrons. The van der Waals surface area contributed by atoms with Crippen molar-refractivity contribution in [2.24, 2.45) is 0 Å². The summed E-state index contributed by atoms with van der Waals surface area (Å²) in [7, 11) is 1.87. The average Bonchev–Trinajstić information content (AvgIpc) is 2.27. The van der Waals surface area contributed by atoms with Crippen molar-refractivity contribution < 1.29 is 0 Å². The number of benzene rings is 1. The van der Waals surface area contributed by atoms with Gasteiger partial charge in [-0.3, -0.25) is 0 Å². The molecular weight excluding hydrogens is 184 g/mol. The van der Waals surface area contributed by atoms with E-state index < -0.39 is 0 Å². The maximum atomic E-state index is 4.52. The highest BCUT2D eigenvalue weighted by Crippen LogP contribution is 2.21. The van der Waals surface area contributed by atoms with Crippen molar-refractivity contribution in [1.82, 2.24) is 4.98 Å². The number of rotatable bonds is 2. The molecule has 1 N–H and O–H groups in total. The van der Waals surface area contributed by atoms with Gasteiger partial charge in [0.2, 0.25) is 0 Å². The lowest BCUT2D eigenvalue weighted by molar-refractivity contribution is 1.33. The highest BCUT2D eigenvalue weighted by Gasteiger charge is 2.02. The van der Waals surface area contributed by atoms with Crippen LogP contribution in [0.4, 0.5) is 5.82 Å². The van der Waals surface area contributed by atoms with Gasteiger partial charge in [0.05, 0.1) is 5.52 Å². The van der Waals surface area contributed by atoms with Gasteiger partial charge in [-0.1, -0.05) is 24.3 Å². The summed E-state index contributed by atoms with van der Waals surface area (Å²) >= 11 is 0. The van der Waals surface area contributed by atoms with Crippen LogP contribution in [0.15, 0.2) is 30.8 Å². The van der Waals surface area contributed by atoms with Gasteiger partial charge in [-0.05, 0) is 25.1 Å². The van der Waals surface area contributed by atoms with Gasteiger partial charge in [-0.25, -0.2) is 4.98 Å². The summed E-state index contributed by atoms with van der Waals surface area (Å²) in [6.07, 6.45) is 1.82. The molecule has 0 fully saturated rings. The number of nitrogens with zero attached hydrogens (tertiary/aromatic N) is 1. The minimum atomic E-state index is 0.876. The Bertz CT molecular complexity index is 515. The first-order chi connectivity index (χ1) is 7.24. The molecule has 0 aliphatic rings. The van der Waals surface area contributed by atoms with Crippen LogP contribution in [0.3, 0.4) is 0 Å². The molecule has 1 aromatic carbocycles. The van der Waals surface area contributed by atoms with Crippen LogP contribution in [0.5, 0.6) is 0 Å². The van der Waals surface area contributed by atoms with Crippen molar-refractivity contribution in [3.05, 3.63) is 42.0 Å². The highest BCUT2D eigenvalue weighted by molar-refractivity contribution is 5.85. The van der Waals surface area contributed by atoms with E-state index in [-0.39, 0.29) is 0 Å². The molecule has 0 spiro atoms. The lowest BCUT2D eigenvalue weighted by Gasteiger charge is -2.07. The lowest BCUT2D eigenvalue weighted by atomic mass is 10.1. The fraction of sp³-hybridized carbons (Fsp3) is 0.154. The van der Waals surface area contributed by atoms with E-state index in [0.29, 0.717) is 0 Å². The SMILES string of the molecule is C=Cc1cc2cc(C)ccc2nc1NC. The molecule has 1 heterocycles.